The molecule has 82 valence electrons. The van der Waals surface area contributed by atoms with Crippen LogP contribution in [0.25, 0.3) is 5.82 Å². The van der Waals surface area contributed by atoms with E-state index in [2.05, 4.69) is 10.1 Å². The average Bonchev–Trinajstić information content (AvgIpc) is 2.78. The number of primary amides is 1. The molecule has 0 fully saturated rings. The number of nitrogens with two attached hydrogens (primary N) is 1. The van der Waals surface area contributed by atoms with Crippen LogP contribution in [0.3, 0.4) is 0 Å². The van der Waals surface area contributed by atoms with Crippen LogP contribution in [0.2, 0.25) is 0 Å². The third-order valence-electron chi connectivity index (χ3n) is 2.12. The number of amides is 1. The fourth-order valence-electron chi connectivity index (χ4n) is 1.33. The van der Waals surface area contributed by atoms with E-state index in [0.717, 1.165) is 0 Å². The predicted octanol–water partition coefficient (Wildman–Crippen LogP) is -0.142. The number of hydrogen-bond donors (Lipinski definition) is 2. The van der Waals surface area contributed by atoms with E-state index in [1.54, 1.807) is 18.3 Å². The molecule has 2 heterocycles. The van der Waals surface area contributed by atoms with Crippen molar-refractivity contribution in [1.29, 1.82) is 0 Å². The SMILES string of the molecule is NC(=O)c1cnn(-c2ncccc2CO)c1. The van der Waals surface area contributed by atoms with E-state index in [1.165, 1.54) is 17.1 Å². The highest BCUT2D eigenvalue weighted by atomic mass is 16.3. The average molecular weight is 218 g/mol. The minimum Gasteiger partial charge on any atom is -0.392 e. The fourth-order valence-corrected chi connectivity index (χ4v) is 1.33. The van der Waals surface area contributed by atoms with Gasteiger partial charge in [0.1, 0.15) is 0 Å². The van der Waals surface area contributed by atoms with Crippen molar-refractivity contribution in [2.75, 3.05) is 0 Å². The van der Waals surface area contributed by atoms with Gasteiger partial charge in [-0.15, -0.1) is 0 Å². The van der Waals surface area contributed by atoms with Crippen molar-refractivity contribution in [2.45, 2.75) is 6.61 Å². The van der Waals surface area contributed by atoms with Gasteiger partial charge in [0.25, 0.3) is 5.91 Å². The summed E-state index contributed by atoms with van der Waals surface area (Å²) in [4.78, 5) is 15.0. The monoisotopic (exact) mass is 218 g/mol. The lowest BCUT2D eigenvalue weighted by Crippen LogP contribution is -2.09. The van der Waals surface area contributed by atoms with Crippen LogP contribution in [0.1, 0.15) is 15.9 Å². The van der Waals surface area contributed by atoms with Crippen LogP contribution in [0.4, 0.5) is 0 Å². The summed E-state index contributed by atoms with van der Waals surface area (Å²) in [7, 11) is 0. The van der Waals surface area contributed by atoms with Crippen LogP contribution < -0.4 is 5.73 Å². The lowest BCUT2D eigenvalue weighted by molar-refractivity contribution is 0.100. The van der Waals surface area contributed by atoms with Gasteiger partial charge in [0.2, 0.25) is 0 Å². The molecule has 16 heavy (non-hydrogen) atoms. The molecule has 0 radical (unpaired) electrons. The third-order valence-corrected chi connectivity index (χ3v) is 2.12. The predicted molar refractivity (Wildman–Crippen MR) is 55.8 cm³/mol. The van der Waals surface area contributed by atoms with Crippen LogP contribution >= 0.6 is 0 Å². The molecular formula is C10H10N4O2. The molecular weight excluding hydrogens is 208 g/mol. The van der Waals surface area contributed by atoms with E-state index in [-0.39, 0.29) is 6.61 Å². The van der Waals surface area contributed by atoms with Gasteiger partial charge < -0.3 is 10.8 Å². The first-order valence-electron chi connectivity index (χ1n) is 4.62. The molecule has 0 spiro atoms. The quantitative estimate of drug-likeness (QED) is 0.749. The minimum atomic E-state index is -0.548. The Morgan fingerprint density at radius 3 is 3.00 bits per heavy atom. The molecule has 0 saturated heterocycles. The molecule has 3 N–H and O–H groups in total. The van der Waals surface area contributed by atoms with Gasteiger partial charge in [0.15, 0.2) is 5.82 Å². The van der Waals surface area contributed by atoms with Crippen LogP contribution in [0.15, 0.2) is 30.7 Å². The van der Waals surface area contributed by atoms with E-state index < -0.39 is 5.91 Å². The van der Waals surface area contributed by atoms with Crippen LogP contribution in [-0.4, -0.2) is 25.8 Å². The topological polar surface area (TPSA) is 94.0 Å². The molecule has 0 aromatic carbocycles. The standard InChI is InChI=1S/C10H10N4O2/c11-9(16)8-4-13-14(5-8)10-7(6-15)2-1-3-12-10/h1-5,15H,6H2,(H2,11,16). The zero-order chi connectivity index (χ0) is 11.5. The number of carbonyl (C=O) groups excluding carboxylic acids is 1. The summed E-state index contributed by atoms with van der Waals surface area (Å²) in [6, 6.07) is 3.45. The number of aliphatic hydroxyl groups is 1. The number of carbonyl (C=O) groups is 1. The molecule has 0 bridgehead atoms. The third kappa shape index (κ3) is 1.78. The summed E-state index contributed by atoms with van der Waals surface area (Å²) in [6.45, 7) is -0.144. The summed E-state index contributed by atoms with van der Waals surface area (Å²) < 4.78 is 1.41. The number of nitrogens with zero attached hydrogens (tertiary/aromatic N) is 3. The van der Waals surface area contributed by atoms with E-state index in [1.807, 2.05) is 0 Å². The van der Waals surface area contributed by atoms with Crippen LogP contribution in [-0.2, 0) is 6.61 Å². The van der Waals surface area contributed by atoms with Crippen molar-refractivity contribution >= 4 is 5.91 Å². The fraction of sp³-hybridized carbons (Fsp3) is 0.100. The molecule has 0 unspecified atom stereocenters. The molecule has 2 aromatic heterocycles. The van der Waals surface area contributed by atoms with Crippen molar-refractivity contribution in [3.63, 3.8) is 0 Å². The van der Waals surface area contributed by atoms with Gasteiger partial charge in [0.05, 0.1) is 18.4 Å². The van der Waals surface area contributed by atoms with Gasteiger partial charge in [-0.05, 0) is 6.07 Å². The summed E-state index contributed by atoms with van der Waals surface area (Å²) in [5.74, 6) is -0.0646. The zero-order valence-corrected chi connectivity index (χ0v) is 8.37. The lowest BCUT2D eigenvalue weighted by atomic mass is 10.3. The molecule has 2 aromatic rings. The second-order valence-electron chi connectivity index (χ2n) is 3.18. The molecule has 0 aliphatic rings. The summed E-state index contributed by atoms with van der Waals surface area (Å²) >= 11 is 0. The van der Waals surface area contributed by atoms with Crippen molar-refractivity contribution < 1.29 is 9.90 Å². The molecule has 1 amide bonds. The van der Waals surface area contributed by atoms with E-state index >= 15 is 0 Å². The molecule has 6 nitrogen and oxygen atoms in total. The highest BCUT2D eigenvalue weighted by molar-refractivity contribution is 5.92. The molecule has 0 atom stereocenters. The highest BCUT2D eigenvalue weighted by Crippen LogP contribution is 2.11. The van der Waals surface area contributed by atoms with Crippen molar-refractivity contribution in [3.8, 4) is 5.82 Å². The second-order valence-corrected chi connectivity index (χ2v) is 3.18. The van der Waals surface area contributed by atoms with Gasteiger partial charge in [0, 0.05) is 18.0 Å². The first kappa shape index (κ1) is 10.3. The molecule has 0 aliphatic carbocycles. The van der Waals surface area contributed by atoms with Gasteiger partial charge in [-0.2, -0.15) is 5.10 Å². The Balaban J connectivity index is 2.46. The Hall–Kier alpha value is -2.21. The molecule has 6 heteroatoms. The molecule has 2 rings (SSSR count). The smallest absolute Gasteiger partial charge is 0.251 e. The van der Waals surface area contributed by atoms with E-state index in [4.69, 9.17) is 10.8 Å². The first-order valence-corrected chi connectivity index (χ1v) is 4.62. The van der Waals surface area contributed by atoms with Gasteiger partial charge in [-0.1, -0.05) is 6.07 Å². The van der Waals surface area contributed by atoms with Crippen molar-refractivity contribution in [3.05, 3.63) is 41.9 Å². The number of aliphatic hydroxyl groups excluding tert-OH is 1. The van der Waals surface area contributed by atoms with E-state index in [9.17, 15) is 4.79 Å². The lowest BCUT2D eigenvalue weighted by Gasteiger charge is -2.04. The van der Waals surface area contributed by atoms with Gasteiger partial charge in [-0.3, -0.25) is 4.79 Å². The Morgan fingerprint density at radius 1 is 1.56 bits per heavy atom. The van der Waals surface area contributed by atoms with Crippen molar-refractivity contribution in [2.24, 2.45) is 5.73 Å². The molecule has 0 aliphatic heterocycles. The number of hydrogen-bond acceptors (Lipinski definition) is 4. The summed E-state index contributed by atoms with van der Waals surface area (Å²) in [6.07, 6.45) is 4.42. The summed E-state index contributed by atoms with van der Waals surface area (Å²) in [5.41, 5.74) is 6.04. The Bertz CT molecular complexity index is 521. The van der Waals surface area contributed by atoms with Gasteiger partial charge >= 0.3 is 0 Å². The highest BCUT2D eigenvalue weighted by Gasteiger charge is 2.09. The number of rotatable bonds is 3. The minimum absolute atomic E-state index is 0.144. The Kier molecular flexibility index (Phi) is 2.65. The Labute approximate surface area is 91.3 Å². The van der Waals surface area contributed by atoms with Crippen molar-refractivity contribution in [1.82, 2.24) is 14.8 Å². The van der Waals surface area contributed by atoms with Crippen LogP contribution in [0, 0.1) is 0 Å². The number of pyridine rings is 1. The maximum absolute atomic E-state index is 10.9. The number of aromatic nitrogens is 3. The van der Waals surface area contributed by atoms with Crippen LogP contribution in [0.5, 0.6) is 0 Å². The Morgan fingerprint density at radius 2 is 2.38 bits per heavy atom. The zero-order valence-electron chi connectivity index (χ0n) is 8.37. The summed E-state index contributed by atoms with van der Waals surface area (Å²) in [5, 5.41) is 13.1. The maximum atomic E-state index is 10.9. The molecule has 0 saturated carbocycles. The largest absolute Gasteiger partial charge is 0.392 e. The van der Waals surface area contributed by atoms with Gasteiger partial charge in [-0.25, -0.2) is 9.67 Å². The first-order chi connectivity index (χ1) is 7.72. The second kappa shape index (κ2) is 4.11. The maximum Gasteiger partial charge on any atom is 0.251 e. The van der Waals surface area contributed by atoms with E-state index in [0.29, 0.717) is 16.9 Å². The normalized spacial score (nSPS) is 10.3.